The molecule has 0 aliphatic rings. The number of hydrogen-bond donors (Lipinski definition) is 0. The second-order valence-electron chi connectivity index (χ2n) is 17.1. The summed E-state index contributed by atoms with van der Waals surface area (Å²) in [6.45, 7) is 17.6. The standard InChI is InChI=1S/4C16H18/c1-3-16-10-9-15(11-13(16)2)12-14-7-5-4-6-8-14;3*1-3-16-12-15(10-9-13(16)2)11-14-7-5-4-6-8-14/h4-11H,3,12H2,1-2H3;3*4-10,12H,3,11H2,1-2H3. The van der Waals surface area contributed by atoms with Crippen LogP contribution in [0.1, 0.15) is 117 Å². The summed E-state index contributed by atoms with van der Waals surface area (Å²) >= 11 is 0. The predicted octanol–water partition coefficient (Wildman–Crippen LogP) is 16.6. The van der Waals surface area contributed by atoms with E-state index in [0.29, 0.717) is 0 Å². The zero-order valence-corrected chi connectivity index (χ0v) is 40.1. The van der Waals surface area contributed by atoms with Crippen molar-refractivity contribution in [1.82, 2.24) is 0 Å². The molecule has 0 nitrogen and oxygen atoms in total. The quantitative estimate of drug-likeness (QED) is 0.115. The van der Waals surface area contributed by atoms with Crippen molar-refractivity contribution < 1.29 is 0 Å². The van der Waals surface area contributed by atoms with Crippen LogP contribution in [0.4, 0.5) is 0 Å². The number of hydrogen-bond acceptors (Lipinski definition) is 0. The van der Waals surface area contributed by atoms with Gasteiger partial charge in [-0.25, -0.2) is 0 Å². The Bertz CT molecular complexity index is 2330. The molecule has 328 valence electrons. The molecule has 8 aromatic carbocycles. The lowest BCUT2D eigenvalue weighted by molar-refractivity contribution is 1.08. The average molecular weight is 841 g/mol. The van der Waals surface area contributed by atoms with E-state index >= 15 is 0 Å². The van der Waals surface area contributed by atoms with Crippen molar-refractivity contribution in [2.45, 2.75) is 107 Å². The molecular weight excluding hydrogens is 769 g/mol. The van der Waals surface area contributed by atoms with Gasteiger partial charge in [-0.1, -0.05) is 222 Å². The molecule has 0 saturated heterocycles. The summed E-state index contributed by atoms with van der Waals surface area (Å²) in [4.78, 5) is 0. The normalized spacial score (nSPS) is 10.4. The van der Waals surface area contributed by atoms with Gasteiger partial charge in [-0.15, -0.1) is 0 Å². The van der Waals surface area contributed by atoms with Gasteiger partial charge in [0.1, 0.15) is 0 Å². The molecule has 0 fully saturated rings. The van der Waals surface area contributed by atoms with Crippen LogP contribution in [0.25, 0.3) is 0 Å². The molecule has 0 heteroatoms. The van der Waals surface area contributed by atoms with E-state index in [1.807, 2.05) is 0 Å². The van der Waals surface area contributed by atoms with E-state index in [2.05, 4.69) is 250 Å². The van der Waals surface area contributed by atoms with Crippen LogP contribution in [0.15, 0.2) is 194 Å². The summed E-state index contributed by atoms with van der Waals surface area (Å²) in [5.74, 6) is 0. The van der Waals surface area contributed by atoms with E-state index < -0.39 is 0 Å². The maximum Gasteiger partial charge on any atom is -0.00257 e. The molecule has 0 amide bonds. The first-order valence-electron chi connectivity index (χ1n) is 23.7. The molecule has 0 unspecified atom stereocenters. The SMILES string of the molecule is CCc1cc(Cc2ccccc2)ccc1C.CCc1cc(Cc2ccccc2)ccc1C.CCc1cc(Cc2ccccc2)ccc1C.CCc1ccc(Cc2ccccc2)cc1C. The summed E-state index contributed by atoms with van der Waals surface area (Å²) in [7, 11) is 0. The summed E-state index contributed by atoms with van der Waals surface area (Å²) in [5, 5.41) is 0. The molecule has 0 heterocycles. The maximum atomic E-state index is 2.34. The van der Waals surface area contributed by atoms with Gasteiger partial charge in [0.25, 0.3) is 0 Å². The largest absolute Gasteiger partial charge is 0.0622 e. The van der Waals surface area contributed by atoms with Gasteiger partial charge < -0.3 is 0 Å². The second-order valence-corrected chi connectivity index (χ2v) is 17.1. The van der Waals surface area contributed by atoms with Gasteiger partial charge in [-0.05, 0) is 168 Å². The van der Waals surface area contributed by atoms with Crippen molar-refractivity contribution in [3.8, 4) is 0 Å². The first-order chi connectivity index (χ1) is 31.2. The van der Waals surface area contributed by atoms with Crippen molar-refractivity contribution in [3.05, 3.63) is 283 Å². The summed E-state index contributed by atoms with van der Waals surface area (Å²) in [6.07, 6.45) is 8.62. The summed E-state index contributed by atoms with van der Waals surface area (Å²) in [6, 6.07) is 69.8. The van der Waals surface area contributed by atoms with E-state index in [1.165, 1.54) is 89.0 Å². The van der Waals surface area contributed by atoms with Crippen LogP contribution in [0, 0.1) is 27.7 Å². The Hall–Kier alpha value is -6.24. The summed E-state index contributed by atoms with van der Waals surface area (Å²) in [5.41, 5.74) is 22.6. The lowest BCUT2D eigenvalue weighted by Crippen LogP contribution is -1.92. The predicted molar refractivity (Wildman–Crippen MR) is 279 cm³/mol. The Balaban J connectivity index is 0.000000161. The van der Waals surface area contributed by atoms with E-state index in [0.717, 1.165) is 51.4 Å². The first-order valence-corrected chi connectivity index (χ1v) is 23.7. The van der Waals surface area contributed by atoms with Gasteiger partial charge in [0, 0.05) is 0 Å². The molecule has 0 aliphatic heterocycles. The van der Waals surface area contributed by atoms with Gasteiger partial charge in [-0.2, -0.15) is 0 Å². The van der Waals surface area contributed by atoms with Gasteiger partial charge in [0.05, 0.1) is 0 Å². The van der Waals surface area contributed by atoms with Crippen LogP contribution in [-0.4, -0.2) is 0 Å². The third-order valence-corrected chi connectivity index (χ3v) is 12.2. The lowest BCUT2D eigenvalue weighted by atomic mass is 9.99. The number of aryl methyl sites for hydroxylation is 8. The Morgan fingerprint density at radius 2 is 0.469 bits per heavy atom. The molecule has 8 aromatic rings. The van der Waals surface area contributed by atoms with Crippen molar-refractivity contribution in [2.24, 2.45) is 0 Å². The molecular formula is C64H72. The van der Waals surface area contributed by atoms with Crippen LogP contribution in [-0.2, 0) is 51.4 Å². The maximum absolute atomic E-state index is 2.34. The van der Waals surface area contributed by atoms with Crippen LogP contribution in [0.3, 0.4) is 0 Å². The average Bonchev–Trinajstić information content (AvgIpc) is 3.33. The van der Waals surface area contributed by atoms with Gasteiger partial charge in [0.2, 0.25) is 0 Å². The smallest absolute Gasteiger partial charge is 0.00257 e. The molecule has 0 aliphatic carbocycles. The van der Waals surface area contributed by atoms with Crippen molar-refractivity contribution >= 4 is 0 Å². The third kappa shape index (κ3) is 16.1. The molecule has 0 radical (unpaired) electrons. The highest BCUT2D eigenvalue weighted by Gasteiger charge is 2.03. The Morgan fingerprint density at radius 1 is 0.219 bits per heavy atom. The zero-order chi connectivity index (χ0) is 45.5. The number of rotatable bonds is 12. The van der Waals surface area contributed by atoms with Gasteiger partial charge in [-0.3, -0.25) is 0 Å². The van der Waals surface area contributed by atoms with E-state index in [4.69, 9.17) is 0 Å². The fourth-order valence-corrected chi connectivity index (χ4v) is 8.24. The second kappa shape index (κ2) is 26.4. The van der Waals surface area contributed by atoms with Crippen molar-refractivity contribution in [2.75, 3.05) is 0 Å². The molecule has 64 heavy (non-hydrogen) atoms. The highest BCUT2D eigenvalue weighted by molar-refractivity contribution is 5.38. The molecule has 0 N–H and O–H groups in total. The van der Waals surface area contributed by atoms with Crippen LogP contribution < -0.4 is 0 Å². The van der Waals surface area contributed by atoms with E-state index in [1.54, 1.807) is 0 Å². The fourth-order valence-electron chi connectivity index (χ4n) is 8.24. The number of benzene rings is 8. The molecule has 0 atom stereocenters. The lowest BCUT2D eigenvalue weighted by Gasteiger charge is -2.07. The molecule has 0 saturated carbocycles. The Kier molecular flexibility index (Phi) is 20.1. The fraction of sp³-hybridized carbons (Fsp3) is 0.250. The van der Waals surface area contributed by atoms with Gasteiger partial charge >= 0.3 is 0 Å². The Labute approximate surface area is 388 Å². The van der Waals surface area contributed by atoms with Crippen LogP contribution in [0.5, 0.6) is 0 Å². The Morgan fingerprint density at radius 3 is 0.719 bits per heavy atom. The highest BCUT2D eigenvalue weighted by atomic mass is 14.1. The van der Waals surface area contributed by atoms with E-state index in [-0.39, 0.29) is 0 Å². The minimum atomic E-state index is 1.03. The van der Waals surface area contributed by atoms with Gasteiger partial charge in [0.15, 0.2) is 0 Å². The molecule has 8 rings (SSSR count). The molecule has 0 bridgehead atoms. The minimum absolute atomic E-state index is 1.03. The zero-order valence-electron chi connectivity index (χ0n) is 40.1. The van der Waals surface area contributed by atoms with E-state index in [9.17, 15) is 0 Å². The van der Waals surface area contributed by atoms with Crippen LogP contribution >= 0.6 is 0 Å². The molecule has 0 spiro atoms. The van der Waals surface area contributed by atoms with Crippen LogP contribution in [0.2, 0.25) is 0 Å². The monoisotopic (exact) mass is 841 g/mol. The molecule has 0 aromatic heterocycles. The topological polar surface area (TPSA) is 0 Å². The minimum Gasteiger partial charge on any atom is -0.0622 e. The highest BCUT2D eigenvalue weighted by Crippen LogP contribution is 2.19. The first kappa shape index (κ1) is 48.8. The van der Waals surface area contributed by atoms with Crippen molar-refractivity contribution in [1.29, 1.82) is 0 Å². The summed E-state index contributed by atoms with van der Waals surface area (Å²) < 4.78 is 0. The van der Waals surface area contributed by atoms with Crippen molar-refractivity contribution in [3.63, 3.8) is 0 Å². The third-order valence-electron chi connectivity index (χ3n) is 12.2.